The Bertz CT molecular complexity index is 289. The summed E-state index contributed by atoms with van der Waals surface area (Å²) in [5.41, 5.74) is 5.50. The highest BCUT2D eigenvalue weighted by Crippen LogP contribution is 2.12. The molecule has 1 aromatic heterocycles. The molecule has 5 heteroatoms. The minimum absolute atomic E-state index is 0. The van der Waals surface area contributed by atoms with Crippen molar-refractivity contribution in [3.05, 3.63) is 17.2 Å². The first-order valence-corrected chi connectivity index (χ1v) is 3.95. The van der Waals surface area contributed by atoms with Gasteiger partial charge in [-0.2, -0.15) is 0 Å². The van der Waals surface area contributed by atoms with Crippen molar-refractivity contribution in [3.8, 4) is 0 Å². The molecule has 0 saturated heterocycles. The average molecular weight is 208 g/mol. The Kier molecular flexibility index (Phi) is 3.96. The number of nitrogens with one attached hydrogen (secondary N) is 1. The molecular weight excluding hydrogens is 194 g/mol. The second kappa shape index (κ2) is 4.07. The lowest BCUT2D eigenvalue weighted by molar-refractivity contribution is 0.362. The van der Waals surface area contributed by atoms with E-state index in [4.69, 9.17) is 18.0 Å². The van der Waals surface area contributed by atoms with Gasteiger partial charge >= 0.3 is 0 Å². The summed E-state index contributed by atoms with van der Waals surface area (Å²) in [5.74, 6) is 0. The molecule has 0 atom stereocenters. The number of hydrogen-bond acceptors (Lipinski definition) is 2. The van der Waals surface area contributed by atoms with Crippen LogP contribution < -0.4 is 5.73 Å². The highest BCUT2D eigenvalue weighted by molar-refractivity contribution is 7.71. The van der Waals surface area contributed by atoms with Crippen LogP contribution in [0.25, 0.3) is 0 Å². The van der Waals surface area contributed by atoms with Gasteiger partial charge in [0.1, 0.15) is 0 Å². The fourth-order valence-electron chi connectivity index (χ4n) is 0.895. The first-order chi connectivity index (χ1) is 5.08. The zero-order valence-corrected chi connectivity index (χ0v) is 8.84. The third-order valence-corrected chi connectivity index (χ3v) is 2.12. The van der Waals surface area contributed by atoms with Gasteiger partial charge in [-0.3, -0.25) is 0 Å². The summed E-state index contributed by atoms with van der Waals surface area (Å²) in [4.78, 5) is 2.93. The Hall–Kier alpha value is -0.320. The number of halogens is 1. The minimum atomic E-state index is -0.0862. The van der Waals surface area contributed by atoms with Gasteiger partial charge < -0.3 is 15.3 Å². The third kappa shape index (κ3) is 2.09. The largest absolute Gasteiger partial charge is 0.337 e. The van der Waals surface area contributed by atoms with Crippen molar-refractivity contribution < 1.29 is 0 Å². The standard InChI is InChI=1S/C7H13N3S.ClH/c1-7(2,5-8)10-4-3-9-6(10)11;/h3-4H,5,8H2,1-2H3,(H,9,11);1H. The van der Waals surface area contributed by atoms with Gasteiger partial charge in [0.15, 0.2) is 4.77 Å². The lowest BCUT2D eigenvalue weighted by Gasteiger charge is -2.24. The van der Waals surface area contributed by atoms with Crippen LogP contribution in [0.15, 0.2) is 12.4 Å². The van der Waals surface area contributed by atoms with Crippen LogP contribution in [-0.4, -0.2) is 16.1 Å². The number of nitrogens with zero attached hydrogens (tertiary/aromatic N) is 1. The molecule has 0 radical (unpaired) electrons. The quantitative estimate of drug-likeness (QED) is 0.725. The molecule has 1 rings (SSSR count). The number of H-pyrrole nitrogens is 1. The summed E-state index contributed by atoms with van der Waals surface area (Å²) in [6.45, 7) is 4.69. The van der Waals surface area contributed by atoms with Crippen molar-refractivity contribution in [1.82, 2.24) is 9.55 Å². The molecular formula is C7H14ClN3S. The Morgan fingerprint density at radius 2 is 2.25 bits per heavy atom. The molecule has 1 aromatic rings. The number of aromatic nitrogens is 2. The molecule has 0 amide bonds. The fourth-order valence-corrected chi connectivity index (χ4v) is 1.27. The molecule has 0 spiro atoms. The summed E-state index contributed by atoms with van der Waals surface area (Å²) < 4.78 is 2.68. The number of aromatic amines is 1. The molecule has 0 aliphatic carbocycles. The molecule has 0 aliphatic rings. The van der Waals surface area contributed by atoms with Gasteiger partial charge in [-0.15, -0.1) is 12.4 Å². The van der Waals surface area contributed by atoms with Crippen LogP contribution >= 0.6 is 24.6 Å². The van der Waals surface area contributed by atoms with Crippen molar-refractivity contribution >= 4 is 24.6 Å². The number of rotatable bonds is 2. The van der Waals surface area contributed by atoms with Crippen molar-refractivity contribution in [1.29, 1.82) is 0 Å². The smallest absolute Gasteiger partial charge is 0.177 e. The summed E-state index contributed by atoms with van der Waals surface area (Å²) in [6, 6.07) is 0. The van der Waals surface area contributed by atoms with Crippen LogP contribution in [0.2, 0.25) is 0 Å². The van der Waals surface area contributed by atoms with Gasteiger partial charge in [0, 0.05) is 18.9 Å². The normalized spacial score (nSPS) is 10.9. The SMILES string of the molecule is CC(C)(CN)n1cc[nH]c1=S.Cl. The monoisotopic (exact) mass is 207 g/mol. The zero-order valence-electron chi connectivity index (χ0n) is 7.20. The van der Waals surface area contributed by atoms with E-state index in [-0.39, 0.29) is 17.9 Å². The van der Waals surface area contributed by atoms with Crippen molar-refractivity contribution in [3.63, 3.8) is 0 Å². The maximum Gasteiger partial charge on any atom is 0.177 e. The molecule has 0 unspecified atom stereocenters. The summed E-state index contributed by atoms with van der Waals surface area (Å²) in [6.07, 6.45) is 3.73. The van der Waals surface area contributed by atoms with E-state index in [1.165, 1.54) is 0 Å². The van der Waals surface area contributed by atoms with E-state index in [0.717, 1.165) is 4.77 Å². The Morgan fingerprint density at radius 1 is 1.67 bits per heavy atom. The number of imidazole rings is 1. The molecule has 3 N–H and O–H groups in total. The third-order valence-electron chi connectivity index (χ3n) is 1.80. The Balaban J connectivity index is 0.00000121. The van der Waals surface area contributed by atoms with Crippen molar-refractivity contribution in [2.24, 2.45) is 5.73 Å². The van der Waals surface area contributed by atoms with Gasteiger partial charge in [0.05, 0.1) is 5.54 Å². The second-order valence-electron chi connectivity index (χ2n) is 3.15. The summed E-state index contributed by atoms with van der Waals surface area (Å²) >= 11 is 5.05. The van der Waals surface area contributed by atoms with Crippen LogP contribution in [0.1, 0.15) is 13.8 Å². The van der Waals surface area contributed by atoms with Gasteiger partial charge in [-0.25, -0.2) is 0 Å². The molecule has 0 fully saturated rings. The predicted molar refractivity (Wildman–Crippen MR) is 55.2 cm³/mol. The lowest BCUT2D eigenvalue weighted by atomic mass is 10.1. The average Bonchev–Trinajstić information content (AvgIpc) is 2.36. The van der Waals surface area contributed by atoms with Crippen molar-refractivity contribution in [2.75, 3.05) is 6.54 Å². The first-order valence-electron chi connectivity index (χ1n) is 3.54. The molecule has 12 heavy (non-hydrogen) atoms. The zero-order chi connectivity index (χ0) is 8.48. The lowest BCUT2D eigenvalue weighted by Crippen LogP contribution is -2.34. The van der Waals surface area contributed by atoms with E-state index in [0.29, 0.717) is 6.54 Å². The first kappa shape index (κ1) is 11.7. The Labute approximate surface area is 83.4 Å². The maximum atomic E-state index is 5.59. The van der Waals surface area contributed by atoms with Gasteiger partial charge in [0.25, 0.3) is 0 Å². The number of hydrogen-bond donors (Lipinski definition) is 2. The Morgan fingerprint density at radius 3 is 2.58 bits per heavy atom. The summed E-state index contributed by atoms with van der Waals surface area (Å²) in [5, 5.41) is 0. The van der Waals surface area contributed by atoms with E-state index in [1.54, 1.807) is 0 Å². The highest BCUT2D eigenvalue weighted by atomic mass is 35.5. The van der Waals surface area contributed by atoms with Crippen LogP contribution in [0.4, 0.5) is 0 Å². The van der Waals surface area contributed by atoms with Crippen LogP contribution in [0.5, 0.6) is 0 Å². The fraction of sp³-hybridized carbons (Fsp3) is 0.571. The highest BCUT2D eigenvalue weighted by Gasteiger charge is 2.17. The number of nitrogens with two attached hydrogens (primary N) is 1. The minimum Gasteiger partial charge on any atom is -0.337 e. The van der Waals surface area contributed by atoms with E-state index in [1.807, 2.05) is 17.0 Å². The summed E-state index contributed by atoms with van der Waals surface area (Å²) in [7, 11) is 0. The van der Waals surface area contributed by atoms with E-state index < -0.39 is 0 Å². The second-order valence-corrected chi connectivity index (χ2v) is 3.54. The predicted octanol–water partition coefficient (Wildman–Crippen LogP) is 1.66. The van der Waals surface area contributed by atoms with E-state index >= 15 is 0 Å². The van der Waals surface area contributed by atoms with Crippen LogP contribution in [0.3, 0.4) is 0 Å². The van der Waals surface area contributed by atoms with Gasteiger partial charge in [-0.1, -0.05) is 0 Å². The molecule has 0 bridgehead atoms. The van der Waals surface area contributed by atoms with Gasteiger partial charge in [0.2, 0.25) is 0 Å². The molecule has 1 heterocycles. The molecule has 3 nitrogen and oxygen atoms in total. The van der Waals surface area contributed by atoms with Crippen molar-refractivity contribution in [2.45, 2.75) is 19.4 Å². The maximum absolute atomic E-state index is 5.59. The van der Waals surface area contributed by atoms with E-state index in [2.05, 4.69) is 18.8 Å². The van der Waals surface area contributed by atoms with Gasteiger partial charge in [-0.05, 0) is 26.1 Å². The van der Waals surface area contributed by atoms with Crippen LogP contribution in [0, 0.1) is 4.77 Å². The van der Waals surface area contributed by atoms with Crippen LogP contribution in [-0.2, 0) is 5.54 Å². The molecule has 0 aliphatic heterocycles. The topological polar surface area (TPSA) is 46.7 Å². The molecule has 0 aromatic carbocycles. The molecule has 0 saturated carbocycles. The van der Waals surface area contributed by atoms with E-state index in [9.17, 15) is 0 Å². The molecule has 70 valence electrons.